The lowest BCUT2D eigenvalue weighted by atomic mass is 9.95. The largest absolute Gasteiger partial charge is 0.476 e. The Kier molecular flexibility index (Phi) is 3.81. The van der Waals surface area contributed by atoms with Crippen LogP contribution >= 0.6 is 0 Å². The van der Waals surface area contributed by atoms with Gasteiger partial charge in [-0.1, -0.05) is 6.92 Å². The first kappa shape index (κ1) is 12.8. The molecule has 2 rings (SSSR count). The van der Waals surface area contributed by atoms with Gasteiger partial charge in [0.15, 0.2) is 5.69 Å². The number of nitrogens with zero attached hydrogens (tertiary/aromatic N) is 2. The van der Waals surface area contributed by atoms with Gasteiger partial charge in [0.05, 0.1) is 11.8 Å². The summed E-state index contributed by atoms with van der Waals surface area (Å²) in [4.78, 5) is 17.1. The lowest BCUT2D eigenvalue weighted by Crippen LogP contribution is -2.44. The van der Waals surface area contributed by atoms with Crippen LogP contribution in [0.4, 0.5) is 5.69 Å². The van der Waals surface area contributed by atoms with Crippen LogP contribution in [0.2, 0.25) is 0 Å². The highest BCUT2D eigenvalue weighted by Gasteiger charge is 2.28. The molecule has 5 nitrogen and oxygen atoms in total. The van der Waals surface area contributed by atoms with Gasteiger partial charge in [-0.25, -0.2) is 9.78 Å². The molecule has 0 aromatic carbocycles. The van der Waals surface area contributed by atoms with E-state index in [-0.39, 0.29) is 11.8 Å². The Morgan fingerprint density at radius 1 is 1.61 bits per heavy atom. The van der Waals surface area contributed by atoms with E-state index in [4.69, 9.17) is 9.84 Å². The zero-order chi connectivity index (χ0) is 13.1. The van der Waals surface area contributed by atoms with Crippen molar-refractivity contribution in [2.75, 3.05) is 25.1 Å². The molecule has 0 spiro atoms. The number of methoxy groups -OCH3 is 1. The van der Waals surface area contributed by atoms with Crippen LogP contribution < -0.4 is 4.90 Å². The number of pyridine rings is 1. The van der Waals surface area contributed by atoms with Crippen LogP contribution in [0.5, 0.6) is 0 Å². The number of aromatic nitrogens is 1. The van der Waals surface area contributed by atoms with Crippen LogP contribution in [0.25, 0.3) is 0 Å². The van der Waals surface area contributed by atoms with Gasteiger partial charge in [0.1, 0.15) is 0 Å². The van der Waals surface area contributed by atoms with Gasteiger partial charge in [0.25, 0.3) is 0 Å². The molecule has 1 N–H and O–H groups in total. The highest BCUT2D eigenvalue weighted by atomic mass is 16.5. The maximum atomic E-state index is 11.2. The van der Waals surface area contributed by atoms with Gasteiger partial charge in [-0.2, -0.15) is 0 Å². The summed E-state index contributed by atoms with van der Waals surface area (Å²) >= 11 is 0. The summed E-state index contributed by atoms with van der Waals surface area (Å²) in [5, 5.41) is 9.15. The SMILES string of the molecule is COC1CN(c2cccnc2C(=O)O)CCC1C. The molecular weight excluding hydrogens is 232 g/mol. The van der Waals surface area contributed by atoms with Crippen LogP contribution in [-0.2, 0) is 4.74 Å². The summed E-state index contributed by atoms with van der Waals surface area (Å²) in [5.41, 5.74) is 0.792. The molecule has 0 amide bonds. The highest BCUT2D eigenvalue weighted by molar-refractivity contribution is 5.92. The van der Waals surface area contributed by atoms with Crippen molar-refractivity contribution in [3.63, 3.8) is 0 Å². The summed E-state index contributed by atoms with van der Waals surface area (Å²) < 4.78 is 5.45. The third-order valence-electron chi connectivity index (χ3n) is 3.52. The summed E-state index contributed by atoms with van der Waals surface area (Å²) in [6, 6.07) is 3.57. The van der Waals surface area contributed by atoms with Crippen LogP contribution in [0.1, 0.15) is 23.8 Å². The Labute approximate surface area is 106 Å². The molecule has 18 heavy (non-hydrogen) atoms. The van der Waals surface area contributed by atoms with E-state index in [0.29, 0.717) is 18.2 Å². The first-order chi connectivity index (χ1) is 8.63. The molecule has 0 bridgehead atoms. The molecule has 1 aromatic heterocycles. The van der Waals surface area contributed by atoms with Crippen LogP contribution in [0, 0.1) is 5.92 Å². The zero-order valence-corrected chi connectivity index (χ0v) is 10.7. The fourth-order valence-corrected chi connectivity index (χ4v) is 2.38. The number of carbonyl (C=O) groups is 1. The molecule has 5 heteroatoms. The number of ether oxygens (including phenoxy) is 1. The summed E-state index contributed by atoms with van der Waals surface area (Å²) in [6.07, 6.45) is 2.64. The van der Waals surface area contributed by atoms with Gasteiger partial charge in [-0.15, -0.1) is 0 Å². The third-order valence-corrected chi connectivity index (χ3v) is 3.52. The summed E-state index contributed by atoms with van der Waals surface area (Å²) in [5.74, 6) is -0.491. The Morgan fingerprint density at radius 3 is 3.06 bits per heavy atom. The highest BCUT2D eigenvalue weighted by Crippen LogP contribution is 2.26. The van der Waals surface area contributed by atoms with E-state index in [1.165, 1.54) is 6.20 Å². The number of piperidine rings is 1. The van der Waals surface area contributed by atoms with E-state index in [0.717, 1.165) is 13.0 Å². The monoisotopic (exact) mass is 250 g/mol. The van der Waals surface area contributed by atoms with Gasteiger partial charge in [-0.3, -0.25) is 0 Å². The minimum Gasteiger partial charge on any atom is -0.476 e. The maximum absolute atomic E-state index is 11.2. The first-order valence-corrected chi connectivity index (χ1v) is 6.09. The molecule has 0 aliphatic carbocycles. The standard InChI is InChI=1S/C13H18N2O3/c1-9-5-7-15(8-11(9)18-2)10-4-3-6-14-12(10)13(16)17/h3-4,6,9,11H,5,7-8H2,1-2H3,(H,16,17). The molecule has 98 valence electrons. The average molecular weight is 250 g/mol. The second-order valence-electron chi connectivity index (χ2n) is 4.66. The molecule has 2 unspecified atom stereocenters. The zero-order valence-electron chi connectivity index (χ0n) is 10.7. The van der Waals surface area contributed by atoms with Crippen molar-refractivity contribution in [1.29, 1.82) is 0 Å². The van der Waals surface area contributed by atoms with Crippen LogP contribution in [0.15, 0.2) is 18.3 Å². The van der Waals surface area contributed by atoms with E-state index in [1.807, 2.05) is 4.90 Å². The molecule has 1 fully saturated rings. The molecule has 1 aliphatic heterocycles. The van der Waals surface area contributed by atoms with E-state index in [1.54, 1.807) is 19.2 Å². The van der Waals surface area contributed by atoms with Crippen molar-refractivity contribution >= 4 is 11.7 Å². The third kappa shape index (κ3) is 2.46. The number of hydrogen-bond acceptors (Lipinski definition) is 4. The number of carboxylic acids is 1. The fourth-order valence-electron chi connectivity index (χ4n) is 2.38. The van der Waals surface area contributed by atoms with Crippen molar-refractivity contribution in [3.8, 4) is 0 Å². The van der Waals surface area contributed by atoms with Crippen molar-refractivity contribution < 1.29 is 14.6 Å². The Bertz CT molecular complexity index is 436. The van der Waals surface area contributed by atoms with Crippen LogP contribution in [0.3, 0.4) is 0 Å². The van der Waals surface area contributed by atoms with E-state index in [9.17, 15) is 4.79 Å². The van der Waals surface area contributed by atoms with Crippen LogP contribution in [-0.4, -0.2) is 42.4 Å². The topological polar surface area (TPSA) is 62.7 Å². The molecule has 1 saturated heterocycles. The van der Waals surface area contributed by atoms with E-state index >= 15 is 0 Å². The fraction of sp³-hybridized carbons (Fsp3) is 0.538. The molecule has 2 heterocycles. The van der Waals surface area contributed by atoms with Gasteiger partial charge in [0, 0.05) is 26.4 Å². The lowest BCUT2D eigenvalue weighted by Gasteiger charge is -2.37. The summed E-state index contributed by atoms with van der Waals surface area (Å²) in [6.45, 7) is 3.71. The Hall–Kier alpha value is -1.62. The number of hydrogen-bond donors (Lipinski definition) is 1. The molecule has 1 aliphatic rings. The van der Waals surface area contributed by atoms with Gasteiger partial charge in [-0.05, 0) is 24.5 Å². The molecule has 0 saturated carbocycles. The van der Waals surface area contributed by atoms with Gasteiger partial charge < -0.3 is 14.7 Å². The molecule has 2 atom stereocenters. The second kappa shape index (κ2) is 5.35. The number of anilines is 1. The number of aromatic carboxylic acids is 1. The lowest BCUT2D eigenvalue weighted by molar-refractivity contribution is 0.0495. The second-order valence-corrected chi connectivity index (χ2v) is 4.66. The Balaban J connectivity index is 2.24. The number of carboxylic acid groups (broad SMARTS) is 1. The number of rotatable bonds is 3. The normalized spacial score (nSPS) is 24.0. The summed E-state index contributed by atoms with van der Waals surface area (Å²) in [7, 11) is 1.70. The molecule has 1 aromatic rings. The first-order valence-electron chi connectivity index (χ1n) is 6.09. The smallest absolute Gasteiger partial charge is 0.356 e. The minimum absolute atomic E-state index is 0.113. The minimum atomic E-state index is -0.988. The van der Waals surface area contributed by atoms with Crippen molar-refractivity contribution in [1.82, 2.24) is 4.98 Å². The maximum Gasteiger partial charge on any atom is 0.356 e. The van der Waals surface area contributed by atoms with E-state index < -0.39 is 5.97 Å². The van der Waals surface area contributed by atoms with Crippen molar-refractivity contribution in [3.05, 3.63) is 24.0 Å². The molecule has 0 radical (unpaired) electrons. The van der Waals surface area contributed by atoms with Gasteiger partial charge >= 0.3 is 5.97 Å². The molecular formula is C13H18N2O3. The Morgan fingerprint density at radius 2 is 2.39 bits per heavy atom. The average Bonchev–Trinajstić information content (AvgIpc) is 2.39. The van der Waals surface area contributed by atoms with Gasteiger partial charge in [0.2, 0.25) is 0 Å². The predicted molar refractivity (Wildman–Crippen MR) is 68.0 cm³/mol. The predicted octanol–water partition coefficient (Wildman–Crippen LogP) is 1.64. The van der Waals surface area contributed by atoms with E-state index in [2.05, 4.69) is 11.9 Å². The quantitative estimate of drug-likeness (QED) is 0.883. The van der Waals surface area contributed by atoms with Crippen molar-refractivity contribution in [2.24, 2.45) is 5.92 Å². The van der Waals surface area contributed by atoms with Crippen molar-refractivity contribution in [2.45, 2.75) is 19.4 Å².